The number of nitrogens with zero attached hydrogens (tertiary/aromatic N) is 4. The molecule has 29 heavy (non-hydrogen) atoms. The molecule has 11 heteroatoms. The molecule has 1 aromatic carbocycles. The molecular formula is C18H15N7O3S. The van der Waals surface area contributed by atoms with Gasteiger partial charge in [-0.1, -0.05) is 0 Å². The van der Waals surface area contributed by atoms with E-state index in [0.717, 1.165) is 16.1 Å². The first-order valence-corrected chi connectivity index (χ1v) is 9.26. The fourth-order valence-corrected chi connectivity index (χ4v) is 3.30. The number of fused-ring (bicyclic) bond motifs is 1. The molecule has 1 amide bonds. The van der Waals surface area contributed by atoms with E-state index in [1.54, 1.807) is 28.8 Å². The van der Waals surface area contributed by atoms with Gasteiger partial charge in [0.2, 0.25) is 5.16 Å². The van der Waals surface area contributed by atoms with Crippen LogP contribution in [0, 0.1) is 6.92 Å². The average Bonchev–Trinajstić information content (AvgIpc) is 3.32. The lowest BCUT2D eigenvalue weighted by atomic mass is 10.3. The number of H-pyrrole nitrogens is 1. The summed E-state index contributed by atoms with van der Waals surface area (Å²) in [6, 6.07) is 12.4. The summed E-state index contributed by atoms with van der Waals surface area (Å²) < 4.78 is 1.72. The van der Waals surface area contributed by atoms with Gasteiger partial charge in [0, 0.05) is 28.5 Å². The monoisotopic (exact) mass is 409 g/mol. The summed E-state index contributed by atoms with van der Waals surface area (Å²) in [6.45, 7) is 1.91. The Morgan fingerprint density at radius 1 is 1.21 bits per heavy atom. The number of rotatable bonds is 5. The van der Waals surface area contributed by atoms with Crippen molar-refractivity contribution in [1.29, 1.82) is 0 Å². The predicted molar refractivity (Wildman–Crippen MR) is 106 cm³/mol. The van der Waals surface area contributed by atoms with Crippen LogP contribution in [0.4, 0.5) is 17.3 Å². The smallest absolute Gasteiger partial charge is 0.394 e. The van der Waals surface area contributed by atoms with E-state index >= 15 is 0 Å². The topological polar surface area (TPSA) is 137 Å². The van der Waals surface area contributed by atoms with Crippen LogP contribution in [0.15, 0.2) is 58.7 Å². The molecule has 0 atom stereocenters. The first-order chi connectivity index (χ1) is 14.0. The summed E-state index contributed by atoms with van der Waals surface area (Å²) in [6.07, 6.45) is 1.83. The number of aromatic amines is 1. The molecule has 0 bridgehead atoms. The van der Waals surface area contributed by atoms with Crippen molar-refractivity contribution in [3.05, 3.63) is 54.4 Å². The van der Waals surface area contributed by atoms with Crippen LogP contribution >= 0.6 is 11.8 Å². The maximum Gasteiger partial charge on any atom is 0.394 e. The largest absolute Gasteiger partial charge is 0.474 e. The van der Waals surface area contributed by atoms with Gasteiger partial charge in [-0.3, -0.25) is 9.89 Å². The molecule has 3 heterocycles. The van der Waals surface area contributed by atoms with Crippen molar-refractivity contribution in [2.24, 2.45) is 0 Å². The van der Waals surface area contributed by atoms with Gasteiger partial charge in [0.15, 0.2) is 11.6 Å². The van der Waals surface area contributed by atoms with E-state index in [2.05, 4.69) is 30.9 Å². The molecule has 0 saturated carbocycles. The first-order valence-electron chi connectivity index (χ1n) is 8.44. The van der Waals surface area contributed by atoms with Gasteiger partial charge in [-0.25, -0.2) is 14.3 Å². The lowest BCUT2D eigenvalue weighted by Gasteiger charge is -2.08. The highest BCUT2D eigenvalue weighted by Crippen LogP contribution is 2.28. The summed E-state index contributed by atoms with van der Waals surface area (Å²) in [4.78, 5) is 27.2. The van der Waals surface area contributed by atoms with Crippen LogP contribution in [-0.2, 0) is 9.59 Å². The third-order valence-corrected chi connectivity index (χ3v) is 4.70. The number of benzene rings is 1. The van der Waals surface area contributed by atoms with Gasteiger partial charge in [-0.05, 0) is 55.1 Å². The second-order valence-corrected chi connectivity index (χ2v) is 7.07. The fraction of sp³-hybridized carbons (Fsp3) is 0.0556. The summed E-state index contributed by atoms with van der Waals surface area (Å²) >= 11 is 1.33. The molecule has 10 nitrogen and oxygen atoms in total. The Kier molecular flexibility index (Phi) is 4.87. The number of aromatic nitrogens is 5. The summed E-state index contributed by atoms with van der Waals surface area (Å²) in [5.74, 6) is -1.36. The van der Waals surface area contributed by atoms with Crippen LogP contribution in [0.3, 0.4) is 0 Å². The normalized spacial score (nSPS) is 10.8. The van der Waals surface area contributed by atoms with E-state index in [9.17, 15) is 9.59 Å². The quantitative estimate of drug-likeness (QED) is 0.369. The summed E-state index contributed by atoms with van der Waals surface area (Å²) in [5.41, 5.74) is 2.12. The number of aliphatic carboxylic acids is 1. The molecule has 0 aliphatic rings. The molecule has 4 rings (SSSR count). The lowest BCUT2D eigenvalue weighted by molar-refractivity contribution is -0.147. The number of carboxylic acids is 1. The van der Waals surface area contributed by atoms with Gasteiger partial charge in [-0.2, -0.15) is 5.10 Å². The van der Waals surface area contributed by atoms with Crippen LogP contribution in [0.25, 0.3) is 5.52 Å². The number of hydrogen-bond acceptors (Lipinski definition) is 7. The van der Waals surface area contributed by atoms with Crippen molar-refractivity contribution >= 4 is 46.5 Å². The molecule has 0 saturated heterocycles. The zero-order chi connectivity index (χ0) is 20.4. The number of hydrogen-bond donors (Lipinski definition) is 4. The number of carboxylic acid groups (broad SMARTS) is 1. The molecule has 146 valence electrons. The molecule has 4 aromatic rings. The van der Waals surface area contributed by atoms with Gasteiger partial charge in [-0.15, -0.1) is 5.10 Å². The third kappa shape index (κ3) is 4.19. The highest BCUT2D eigenvalue weighted by molar-refractivity contribution is 7.99. The second kappa shape index (κ2) is 7.64. The minimum atomic E-state index is -1.54. The van der Waals surface area contributed by atoms with Crippen molar-refractivity contribution in [1.82, 2.24) is 24.8 Å². The zero-order valence-corrected chi connectivity index (χ0v) is 15.9. The maximum atomic E-state index is 11.2. The van der Waals surface area contributed by atoms with Crippen molar-refractivity contribution in [2.75, 3.05) is 10.6 Å². The Morgan fingerprint density at radius 2 is 2.00 bits per heavy atom. The summed E-state index contributed by atoms with van der Waals surface area (Å²) in [5, 5.41) is 26.2. The van der Waals surface area contributed by atoms with Crippen molar-refractivity contribution in [3.63, 3.8) is 0 Å². The third-order valence-electron chi connectivity index (χ3n) is 3.84. The Balaban J connectivity index is 1.56. The molecule has 0 radical (unpaired) electrons. The fourth-order valence-electron chi connectivity index (χ4n) is 2.55. The van der Waals surface area contributed by atoms with Gasteiger partial charge in [0.1, 0.15) is 5.52 Å². The van der Waals surface area contributed by atoms with Crippen LogP contribution in [-0.4, -0.2) is 41.8 Å². The van der Waals surface area contributed by atoms with Crippen LogP contribution in [0.2, 0.25) is 0 Å². The van der Waals surface area contributed by atoms with Crippen LogP contribution < -0.4 is 10.6 Å². The standard InChI is InChI=1S/C18H15N7O3S/c1-10-9-14(23-22-10)20-15-13-3-2-8-25(13)24-18(21-15)29-12-6-4-11(5-7-12)19-16(26)17(27)28/h2-9H,1H3,(H,19,26)(H,27,28)(H2,20,21,22,23,24). The minimum Gasteiger partial charge on any atom is -0.474 e. The van der Waals surface area contributed by atoms with Gasteiger partial charge < -0.3 is 15.7 Å². The van der Waals surface area contributed by atoms with Crippen LogP contribution in [0.5, 0.6) is 0 Å². The zero-order valence-electron chi connectivity index (χ0n) is 15.1. The Hall–Kier alpha value is -3.86. The SMILES string of the molecule is Cc1cc(Nc2nc(Sc3ccc(NC(=O)C(=O)O)cc3)nn3cccc23)n[nH]1. The van der Waals surface area contributed by atoms with Crippen molar-refractivity contribution in [3.8, 4) is 0 Å². The molecule has 4 N–H and O–H groups in total. The first kappa shape index (κ1) is 18.5. The number of carbonyl (C=O) groups is 2. The van der Waals surface area contributed by atoms with E-state index in [1.807, 2.05) is 31.3 Å². The number of amides is 1. The van der Waals surface area contributed by atoms with Gasteiger partial charge >= 0.3 is 11.9 Å². The number of carbonyl (C=O) groups excluding carboxylic acids is 1. The van der Waals surface area contributed by atoms with Crippen molar-refractivity contribution in [2.45, 2.75) is 17.0 Å². The maximum absolute atomic E-state index is 11.2. The molecule has 3 aromatic heterocycles. The molecular weight excluding hydrogens is 394 g/mol. The predicted octanol–water partition coefficient (Wildman–Crippen LogP) is 2.68. The Bertz CT molecular complexity index is 1200. The molecule has 0 spiro atoms. The van der Waals surface area contributed by atoms with E-state index in [0.29, 0.717) is 22.5 Å². The minimum absolute atomic E-state index is 0.389. The summed E-state index contributed by atoms with van der Waals surface area (Å²) in [7, 11) is 0. The molecule has 0 fully saturated rings. The Labute approximate surface area is 168 Å². The molecule has 0 aliphatic carbocycles. The van der Waals surface area contributed by atoms with Gasteiger partial charge in [0.25, 0.3) is 0 Å². The Morgan fingerprint density at radius 3 is 2.69 bits per heavy atom. The van der Waals surface area contributed by atoms with E-state index < -0.39 is 11.9 Å². The number of aryl methyl sites for hydroxylation is 1. The average molecular weight is 409 g/mol. The second-order valence-electron chi connectivity index (χ2n) is 6.03. The lowest BCUT2D eigenvalue weighted by Crippen LogP contribution is -2.21. The van der Waals surface area contributed by atoms with E-state index in [1.165, 1.54) is 11.8 Å². The highest BCUT2D eigenvalue weighted by atomic mass is 32.2. The van der Waals surface area contributed by atoms with Crippen LogP contribution in [0.1, 0.15) is 5.69 Å². The van der Waals surface area contributed by atoms with Gasteiger partial charge in [0.05, 0.1) is 0 Å². The highest BCUT2D eigenvalue weighted by Gasteiger charge is 2.12. The van der Waals surface area contributed by atoms with E-state index in [4.69, 9.17) is 5.11 Å². The van der Waals surface area contributed by atoms with E-state index in [-0.39, 0.29) is 0 Å². The van der Waals surface area contributed by atoms with Crippen molar-refractivity contribution < 1.29 is 14.7 Å². The number of nitrogens with one attached hydrogen (secondary N) is 3. The molecule has 0 aliphatic heterocycles. The molecule has 0 unspecified atom stereocenters. The number of anilines is 3.